The Morgan fingerprint density at radius 1 is 0.816 bits per heavy atom. The molecule has 0 unspecified atom stereocenters. The molecule has 0 fully saturated rings. The summed E-state index contributed by atoms with van der Waals surface area (Å²) in [5, 5.41) is 8.05. The highest BCUT2D eigenvalue weighted by atomic mass is 35.5. The summed E-state index contributed by atoms with van der Waals surface area (Å²) in [5.74, 6) is -0.421. The lowest BCUT2D eigenvalue weighted by Crippen LogP contribution is -2.19. The summed E-state index contributed by atoms with van der Waals surface area (Å²) in [5.41, 5.74) is 1.59. The second-order valence-electron chi connectivity index (χ2n) is 7.99. The fourth-order valence-corrected chi connectivity index (χ4v) is 3.58. The molecule has 0 aliphatic carbocycles. The molecule has 4 aromatic carbocycles. The lowest BCUT2D eigenvalue weighted by atomic mass is 10.2. The van der Waals surface area contributed by atoms with Gasteiger partial charge in [0.25, 0.3) is 5.91 Å². The van der Waals surface area contributed by atoms with Gasteiger partial charge in [-0.15, -0.1) is 0 Å². The van der Waals surface area contributed by atoms with Gasteiger partial charge in [0.2, 0.25) is 0 Å². The zero-order valence-electron chi connectivity index (χ0n) is 20.1. The minimum absolute atomic E-state index is 0.132. The Balaban J connectivity index is 1.31. The van der Waals surface area contributed by atoms with Crippen molar-refractivity contribution in [1.29, 1.82) is 0 Å². The van der Waals surface area contributed by atoms with Gasteiger partial charge in [-0.1, -0.05) is 23.7 Å². The van der Waals surface area contributed by atoms with Crippen molar-refractivity contribution in [3.05, 3.63) is 113 Å². The van der Waals surface area contributed by atoms with E-state index in [0.29, 0.717) is 27.9 Å². The number of hydrogen-bond donors (Lipinski definition) is 3. The fraction of sp³-hybridized carbons (Fsp3) is 0.0714. The Morgan fingerprint density at radius 3 is 2.16 bits per heavy atom. The van der Waals surface area contributed by atoms with E-state index in [1.54, 1.807) is 54.6 Å². The van der Waals surface area contributed by atoms with Gasteiger partial charge in [-0.3, -0.25) is 4.79 Å². The summed E-state index contributed by atoms with van der Waals surface area (Å²) in [6.45, 7) is 0.212. The molecule has 7 nitrogen and oxygen atoms in total. The van der Waals surface area contributed by atoms with Crippen molar-refractivity contribution in [2.75, 3.05) is 17.7 Å². The summed E-state index contributed by atoms with van der Waals surface area (Å²) in [6, 6.07) is 20.6. The molecule has 38 heavy (non-hydrogen) atoms. The Hall–Kier alpha value is -4.63. The van der Waals surface area contributed by atoms with Crippen LogP contribution >= 0.6 is 11.6 Å². The number of halogens is 3. The summed E-state index contributed by atoms with van der Waals surface area (Å²) < 4.78 is 38.2. The number of rotatable bonds is 8. The van der Waals surface area contributed by atoms with Gasteiger partial charge < -0.3 is 25.4 Å². The highest BCUT2D eigenvalue weighted by Crippen LogP contribution is 2.29. The average Bonchev–Trinajstić information content (AvgIpc) is 2.91. The van der Waals surface area contributed by atoms with Gasteiger partial charge in [0.05, 0.1) is 10.6 Å². The lowest BCUT2D eigenvalue weighted by Gasteiger charge is -2.12. The number of ether oxygens (including phenoxy) is 2. The maximum Gasteiger partial charge on any atom is 0.323 e. The summed E-state index contributed by atoms with van der Waals surface area (Å²) >= 11 is 6.28. The first-order chi connectivity index (χ1) is 18.3. The molecule has 0 atom stereocenters. The first-order valence-electron chi connectivity index (χ1n) is 11.3. The molecule has 10 heteroatoms. The first kappa shape index (κ1) is 26.4. The van der Waals surface area contributed by atoms with E-state index < -0.39 is 17.8 Å². The molecular formula is C28H22ClF2N3O4. The number of urea groups is 1. The second kappa shape index (κ2) is 12.1. The van der Waals surface area contributed by atoms with E-state index >= 15 is 0 Å². The van der Waals surface area contributed by atoms with Gasteiger partial charge in [-0.05, 0) is 78.4 Å². The minimum atomic E-state index is -0.657. The third kappa shape index (κ3) is 6.98. The number of carbonyl (C=O) groups is 2. The van der Waals surface area contributed by atoms with Crippen molar-refractivity contribution in [1.82, 2.24) is 5.32 Å². The topological polar surface area (TPSA) is 88.7 Å². The van der Waals surface area contributed by atoms with Crippen molar-refractivity contribution in [2.45, 2.75) is 6.61 Å². The van der Waals surface area contributed by atoms with Crippen molar-refractivity contribution in [2.24, 2.45) is 0 Å². The molecule has 194 valence electrons. The van der Waals surface area contributed by atoms with Gasteiger partial charge in [-0.25, -0.2) is 13.6 Å². The van der Waals surface area contributed by atoms with Crippen LogP contribution in [-0.4, -0.2) is 19.0 Å². The smallest absolute Gasteiger partial charge is 0.323 e. The number of nitrogens with one attached hydrogen (secondary N) is 3. The van der Waals surface area contributed by atoms with Gasteiger partial charge in [0.15, 0.2) is 0 Å². The third-order valence-corrected chi connectivity index (χ3v) is 5.55. The maximum absolute atomic E-state index is 13.8. The van der Waals surface area contributed by atoms with Gasteiger partial charge in [0, 0.05) is 18.4 Å². The molecule has 4 aromatic rings. The van der Waals surface area contributed by atoms with Crippen molar-refractivity contribution in [3.63, 3.8) is 0 Å². The Labute approximate surface area is 222 Å². The van der Waals surface area contributed by atoms with Crippen LogP contribution in [0.15, 0.2) is 84.9 Å². The molecule has 0 aromatic heterocycles. The molecule has 0 spiro atoms. The summed E-state index contributed by atoms with van der Waals surface area (Å²) in [6.07, 6.45) is 0. The predicted molar refractivity (Wildman–Crippen MR) is 141 cm³/mol. The van der Waals surface area contributed by atoms with Crippen LogP contribution in [0.5, 0.6) is 17.2 Å². The minimum Gasteiger partial charge on any atom is -0.487 e. The third-order valence-electron chi connectivity index (χ3n) is 5.25. The van der Waals surface area contributed by atoms with Crippen LogP contribution in [0.25, 0.3) is 0 Å². The molecule has 3 N–H and O–H groups in total. The van der Waals surface area contributed by atoms with E-state index in [-0.39, 0.29) is 23.7 Å². The van der Waals surface area contributed by atoms with Gasteiger partial charge in [-0.2, -0.15) is 0 Å². The van der Waals surface area contributed by atoms with Crippen LogP contribution < -0.4 is 25.4 Å². The summed E-state index contributed by atoms with van der Waals surface area (Å²) in [4.78, 5) is 24.2. The first-order valence-corrected chi connectivity index (χ1v) is 11.7. The molecule has 0 radical (unpaired) electrons. The number of hydrogen-bond acceptors (Lipinski definition) is 4. The highest BCUT2D eigenvalue weighted by Gasteiger charge is 2.12. The zero-order chi connectivity index (χ0) is 27.1. The Kier molecular flexibility index (Phi) is 8.40. The van der Waals surface area contributed by atoms with Gasteiger partial charge in [0.1, 0.15) is 35.5 Å². The molecule has 0 heterocycles. The van der Waals surface area contributed by atoms with E-state index in [2.05, 4.69) is 16.0 Å². The van der Waals surface area contributed by atoms with Crippen molar-refractivity contribution < 1.29 is 27.8 Å². The molecular weight excluding hydrogens is 516 g/mol. The maximum atomic E-state index is 13.8. The molecule has 0 saturated heterocycles. The Bertz CT molecular complexity index is 1450. The fourth-order valence-electron chi connectivity index (χ4n) is 3.35. The average molecular weight is 538 g/mol. The molecule has 4 rings (SSSR count). The van der Waals surface area contributed by atoms with Crippen LogP contribution in [0.2, 0.25) is 5.02 Å². The molecule has 0 saturated carbocycles. The SMILES string of the molecule is CNC(=O)c1cc(Oc2ccc(NC(=O)Nc3ccc(OCc4ccc(F)cc4)c(Cl)c3)cc2)ccc1F. The summed E-state index contributed by atoms with van der Waals surface area (Å²) in [7, 11) is 1.41. The van der Waals surface area contributed by atoms with Crippen LogP contribution in [0.4, 0.5) is 25.0 Å². The van der Waals surface area contributed by atoms with Crippen LogP contribution in [0.3, 0.4) is 0 Å². The standard InChI is InChI=1S/C28H22ClF2N3O4/c1-32-27(35)23-15-22(11-12-25(23)31)38-21-9-6-19(7-10-21)33-28(36)34-20-8-13-26(24(29)14-20)37-16-17-2-4-18(30)5-3-17/h2-15H,16H2,1H3,(H,32,35)(H2,33,34,36). The number of benzene rings is 4. The van der Waals surface area contributed by atoms with E-state index in [1.807, 2.05) is 0 Å². The molecule has 0 aliphatic heterocycles. The van der Waals surface area contributed by atoms with E-state index in [1.165, 1.54) is 31.3 Å². The Morgan fingerprint density at radius 2 is 1.47 bits per heavy atom. The quantitative estimate of drug-likeness (QED) is 0.226. The molecule has 0 aliphatic rings. The molecule has 3 amide bonds. The normalized spacial score (nSPS) is 10.4. The van der Waals surface area contributed by atoms with Crippen molar-refractivity contribution in [3.8, 4) is 17.2 Å². The second-order valence-corrected chi connectivity index (χ2v) is 8.39. The van der Waals surface area contributed by atoms with Crippen LogP contribution in [0, 0.1) is 11.6 Å². The van der Waals surface area contributed by atoms with E-state index in [9.17, 15) is 18.4 Å². The van der Waals surface area contributed by atoms with E-state index in [0.717, 1.165) is 11.6 Å². The van der Waals surface area contributed by atoms with Crippen LogP contribution in [-0.2, 0) is 6.61 Å². The predicted octanol–water partition coefficient (Wildman–Crippen LogP) is 6.99. The van der Waals surface area contributed by atoms with Crippen molar-refractivity contribution >= 4 is 34.9 Å². The number of anilines is 2. The van der Waals surface area contributed by atoms with E-state index in [4.69, 9.17) is 21.1 Å². The highest BCUT2D eigenvalue weighted by molar-refractivity contribution is 6.32. The molecule has 0 bridgehead atoms. The zero-order valence-corrected chi connectivity index (χ0v) is 20.8. The van der Waals surface area contributed by atoms with Crippen LogP contribution in [0.1, 0.15) is 15.9 Å². The largest absolute Gasteiger partial charge is 0.487 e. The lowest BCUT2D eigenvalue weighted by molar-refractivity contribution is 0.0958. The monoisotopic (exact) mass is 537 g/mol. The van der Waals surface area contributed by atoms with Gasteiger partial charge >= 0.3 is 6.03 Å². The number of amides is 3. The number of carbonyl (C=O) groups excluding carboxylic acids is 2.